The van der Waals surface area contributed by atoms with Gasteiger partial charge in [0, 0.05) is 0 Å². The summed E-state index contributed by atoms with van der Waals surface area (Å²) < 4.78 is 41.6. The quantitative estimate of drug-likeness (QED) is 0.616. The molecule has 164 valence electrons. The van der Waals surface area contributed by atoms with Gasteiger partial charge in [-0.25, -0.2) is 8.42 Å². The predicted molar refractivity (Wildman–Crippen MR) is 116 cm³/mol. The molecule has 2 rings (SSSR count). The molecule has 0 aliphatic rings. The maximum Gasteiger partial charge on any atom is 0.241 e. The first-order chi connectivity index (χ1) is 14.2. The summed E-state index contributed by atoms with van der Waals surface area (Å²) in [5.74, 6) is 1.06. The van der Waals surface area contributed by atoms with E-state index in [1.807, 2.05) is 13.0 Å². The van der Waals surface area contributed by atoms with Crippen LogP contribution in [-0.4, -0.2) is 48.5 Å². The molecule has 2 aromatic carbocycles. The number of para-hydroxylation sites is 2. The summed E-state index contributed by atoms with van der Waals surface area (Å²) in [6, 6.07) is 11.7. The molecule has 0 aliphatic heterocycles. The van der Waals surface area contributed by atoms with Crippen molar-refractivity contribution in [2.75, 3.05) is 38.4 Å². The minimum atomic E-state index is -3.72. The number of carbonyl (C=O) groups excluding carboxylic acids is 1. The standard InChI is InChI=1S/C21H28N2O6S/c1-6-16(15-11-12-19(28-3)20(13-15)29-4)22-21(24)14-23(30(5,25)26)17-9-7-8-10-18(17)27-2/h7-13,16H,6,14H2,1-5H3,(H,22,24)/t16-/m0/s1. The number of carbonyl (C=O) groups is 1. The topological polar surface area (TPSA) is 94.2 Å². The van der Waals surface area contributed by atoms with Crippen molar-refractivity contribution in [1.82, 2.24) is 5.32 Å². The van der Waals surface area contributed by atoms with Crippen molar-refractivity contribution in [3.8, 4) is 17.2 Å². The number of anilines is 1. The van der Waals surface area contributed by atoms with Crippen molar-refractivity contribution in [3.63, 3.8) is 0 Å². The lowest BCUT2D eigenvalue weighted by Gasteiger charge is -2.25. The Hall–Kier alpha value is -2.94. The zero-order valence-electron chi connectivity index (χ0n) is 17.8. The first-order valence-corrected chi connectivity index (χ1v) is 11.2. The summed E-state index contributed by atoms with van der Waals surface area (Å²) in [6.07, 6.45) is 1.66. The average Bonchev–Trinajstić information content (AvgIpc) is 2.74. The molecule has 0 saturated carbocycles. The van der Waals surface area contributed by atoms with Crippen LogP contribution in [0.25, 0.3) is 0 Å². The highest BCUT2D eigenvalue weighted by molar-refractivity contribution is 7.92. The van der Waals surface area contributed by atoms with Gasteiger partial charge in [0.1, 0.15) is 12.3 Å². The third-order valence-corrected chi connectivity index (χ3v) is 5.72. The van der Waals surface area contributed by atoms with Gasteiger partial charge in [0.25, 0.3) is 0 Å². The largest absolute Gasteiger partial charge is 0.495 e. The molecule has 2 aromatic rings. The molecule has 1 N–H and O–H groups in total. The molecule has 1 amide bonds. The molecule has 0 heterocycles. The van der Waals surface area contributed by atoms with Crippen LogP contribution in [0, 0.1) is 0 Å². The van der Waals surface area contributed by atoms with Crippen LogP contribution in [0.2, 0.25) is 0 Å². The van der Waals surface area contributed by atoms with E-state index < -0.39 is 15.9 Å². The van der Waals surface area contributed by atoms with Gasteiger partial charge in [-0.15, -0.1) is 0 Å². The highest BCUT2D eigenvalue weighted by Gasteiger charge is 2.25. The summed E-state index contributed by atoms with van der Waals surface area (Å²) in [6.45, 7) is 1.55. The van der Waals surface area contributed by atoms with Crippen LogP contribution in [0.5, 0.6) is 17.2 Å². The zero-order valence-corrected chi connectivity index (χ0v) is 18.7. The monoisotopic (exact) mass is 436 g/mol. The third-order valence-electron chi connectivity index (χ3n) is 4.59. The fourth-order valence-electron chi connectivity index (χ4n) is 3.08. The van der Waals surface area contributed by atoms with Crippen molar-refractivity contribution in [2.45, 2.75) is 19.4 Å². The molecular formula is C21H28N2O6S. The third kappa shape index (κ3) is 5.56. The van der Waals surface area contributed by atoms with Crippen LogP contribution in [-0.2, 0) is 14.8 Å². The molecule has 8 nitrogen and oxygen atoms in total. The Morgan fingerprint density at radius 2 is 1.63 bits per heavy atom. The average molecular weight is 437 g/mol. The van der Waals surface area contributed by atoms with Crippen molar-refractivity contribution >= 4 is 21.6 Å². The number of rotatable bonds is 10. The summed E-state index contributed by atoms with van der Waals surface area (Å²) in [4.78, 5) is 12.8. The van der Waals surface area contributed by atoms with Crippen LogP contribution >= 0.6 is 0 Å². The maximum absolute atomic E-state index is 12.8. The Bertz CT molecular complexity index is 977. The zero-order chi connectivity index (χ0) is 22.3. The van der Waals surface area contributed by atoms with Crippen LogP contribution in [0.3, 0.4) is 0 Å². The van der Waals surface area contributed by atoms with E-state index in [2.05, 4.69) is 5.32 Å². The predicted octanol–water partition coefficient (Wildman–Crippen LogP) is 2.75. The SMILES string of the molecule is CC[C@H](NC(=O)CN(c1ccccc1OC)S(C)(=O)=O)c1ccc(OC)c(OC)c1. The van der Waals surface area contributed by atoms with Crippen LogP contribution in [0.15, 0.2) is 42.5 Å². The molecule has 1 atom stereocenters. The van der Waals surface area contributed by atoms with Crippen molar-refractivity contribution in [3.05, 3.63) is 48.0 Å². The number of methoxy groups -OCH3 is 3. The van der Waals surface area contributed by atoms with E-state index in [0.717, 1.165) is 16.1 Å². The molecule has 0 bridgehead atoms. The minimum absolute atomic E-state index is 0.303. The lowest BCUT2D eigenvalue weighted by Crippen LogP contribution is -2.41. The first kappa shape index (κ1) is 23.3. The second-order valence-corrected chi connectivity index (χ2v) is 8.49. The molecule has 9 heteroatoms. The summed E-state index contributed by atoms with van der Waals surface area (Å²) in [5, 5.41) is 2.90. The van der Waals surface area contributed by atoms with E-state index >= 15 is 0 Å². The smallest absolute Gasteiger partial charge is 0.241 e. The van der Waals surface area contributed by atoms with Gasteiger partial charge in [-0.05, 0) is 36.2 Å². The Morgan fingerprint density at radius 3 is 2.20 bits per heavy atom. The summed E-state index contributed by atoms with van der Waals surface area (Å²) in [5.41, 5.74) is 1.13. The highest BCUT2D eigenvalue weighted by Crippen LogP contribution is 2.31. The number of nitrogens with zero attached hydrogens (tertiary/aromatic N) is 1. The summed E-state index contributed by atoms with van der Waals surface area (Å²) in [7, 11) is 0.821. The molecular weight excluding hydrogens is 408 g/mol. The Balaban J connectivity index is 2.26. The molecule has 0 aromatic heterocycles. The van der Waals surface area contributed by atoms with Gasteiger partial charge in [-0.2, -0.15) is 0 Å². The molecule has 0 aliphatic carbocycles. The molecule has 0 radical (unpaired) electrons. The molecule has 30 heavy (non-hydrogen) atoms. The van der Waals surface area contributed by atoms with Gasteiger partial charge in [-0.1, -0.05) is 25.1 Å². The normalized spacial score (nSPS) is 12.0. The van der Waals surface area contributed by atoms with E-state index in [0.29, 0.717) is 29.4 Å². The van der Waals surface area contributed by atoms with Crippen LogP contribution < -0.4 is 23.8 Å². The van der Waals surface area contributed by atoms with Gasteiger partial charge >= 0.3 is 0 Å². The lowest BCUT2D eigenvalue weighted by atomic mass is 10.0. The highest BCUT2D eigenvalue weighted by atomic mass is 32.2. The Labute approximate surface area is 177 Å². The first-order valence-electron chi connectivity index (χ1n) is 9.37. The van der Waals surface area contributed by atoms with E-state index in [4.69, 9.17) is 14.2 Å². The van der Waals surface area contributed by atoms with Crippen LogP contribution in [0.4, 0.5) is 5.69 Å². The van der Waals surface area contributed by atoms with Crippen molar-refractivity contribution in [1.29, 1.82) is 0 Å². The van der Waals surface area contributed by atoms with Crippen molar-refractivity contribution in [2.24, 2.45) is 0 Å². The van der Waals surface area contributed by atoms with Gasteiger partial charge in [0.15, 0.2) is 11.5 Å². The number of amides is 1. The molecule has 0 fully saturated rings. The lowest BCUT2D eigenvalue weighted by molar-refractivity contribution is -0.120. The van der Waals surface area contributed by atoms with Gasteiger partial charge in [0.2, 0.25) is 15.9 Å². The number of hydrogen-bond acceptors (Lipinski definition) is 6. The number of nitrogens with one attached hydrogen (secondary N) is 1. The fourth-order valence-corrected chi connectivity index (χ4v) is 3.94. The Kier molecular flexibility index (Phi) is 7.93. The molecule has 0 unspecified atom stereocenters. The van der Waals surface area contributed by atoms with E-state index in [-0.39, 0.29) is 12.6 Å². The number of ether oxygens (including phenoxy) is 3. The minimum Gasteiger partial charge on any atom is -0.495 e. The second kappa shape index (κ2) is 10.2. The fraction of sp³-hybridized carbons (Fsp3) is 0.381. The number of benzene rings is 2. The molecule has 0 saturated heterocycles. The number of sulfonamides is 1. The van der Waals surface area contributed by atoms with Gasteiger partial charge in [-0.3, -0.25) is 9.10 Å². The molecule has 0 spiro atoms. The summed E-state index contributed by atoms with van der Waals surface area (Å²) >= 11 is 0. The van der Waals surface area contributed by atoms with Crippen molar-refractivity contribution < 1.29 is 27.4 Å². The van der Waals surface area contributed by atoms with E-state index in [1.54, 1.807) is 50.6 Å². The maximum atomic E-state index is 12.8. The van der Waals surface area contributed by atoms with Crippen LogP contribution in [0.1, 0.15) is 24.9 Å². The van der Waals surface area contributed by atoms with E-state index in [1.165, 1.54) is 7.11 Å². The second-order valence-electron chi connectivity index (χ2n) is 6.58. The van der Waals surface area contributed by atoms with E-state index in [9.17, 15) is 13.2 Å². The Morgan fingerprint density at radius 1 is 1.00 bits per heavy atom. The van der Waals surface area contributed by atoms with Gasteiger partial charge < -0.3 is 19.5 Å². The number of hydrogen-bond donors (Lipinski definition) is 1. The van der Waals surface area contributed by atoms with Gasteiger partial charge in [0.05, 0.1) is 39.3 Å².